The molecule has 2 aromatic heterocycles. The zero-order valence-corrected chi connectivity index (χ0v) is 10.5. The van der Waals surface area contributed by atoms with Crippen molar-refractivity contribution in [1.82, 2.24) is 20.1 Å². The molecule has 4 heteroatoms. The summed E-state index contributed by atoms with van der Waals surface area (Å²) in [5, 5.41) is 7.55. The molecule has 0 spiro atoms. The number of pyridine rings is 1. The highest BCUT2D eigenvalue weighted by molar-refractivity contribution is 5.27. The Morgan fingerprint density at radius 3 is 2.82 bits per heavy atom. The van der Waals surface area contributed by atoms with E-state index in [4.69, 9.17) is 0 Å². The number of rotatable bonds is 4. The molecule has 0 radical (unpaired) electrons. The molecule has 0 aliphatic heterocycles. The van der Waals surface area contributed by atoms with Crippen molar-refractivity contribution in [3.8, 4) is 0 Å². The lowest BCUT2D eigenvalue weighted by Crippen LogP contribution is -2.19. The molecular formula is C13H18N4. The molecular weight excluding hydrogens is 212 g/mol. The first-order valence-corrected chi connectivity index (χ1v) is 5.76. The molecule has 0 aromatic carbocycles. The molecule has 0 aliphatic carbocycles. The summed E-state index contributed by atoms with van der Waals surface area (Å²) in [6, 6.07) is 2.38. The summed E-state index contributed by atoms with van der Waals surface area (Å²) < 4.78 is 1.83. The Labute approximate surface area is 102 Å². The smallest absolute Gasteiger partial charge is 0.0522 e. The maximum Gasteiger partial charge on any atom is 0.0522 e. The van der Waals surface area contributed by atoms with Gasteiger partial charge in [-0.3, -0.25) is 9.67 Å². The van der Waals surface area contributed by atoms with Crippen LogP contribution in [0.2, 0.25) is 0 Å². The fraction of sp³-hybridized carbons (Fsp3) is 0.385. The van der Waals surface area contributed by atoms with E-state index < -0.39 is 0 Å². The predicted octanol–water partition coefficient (Wildman–Crippen LogP) is 1.63. The molecule has 0 aliphatic rings. The van der Waals surface area contributed by atoms with Gasteiger partial charge in [0.1, 0.15) is 0 Å². The first kappa shape index (κ1) is 11.8. The number of hydrogen-bond acceptors (Lipinski definition) is 3. The molecule has 17 heavy (non-hydrogen) atoms. The molecule has 0 saturated heterocycles. The molecule has 2 aromatic rings. The van der Waals surface area contributed by atoms with Crippen molar-refractivity contribution in [2.45, 2.75) is 19.4 Å². The maximum absolute atomic E-state index is 4.20. The average molecular weight is 230 g/mol. The van der Waals surface area contributed by atoms with Gasteiger partial charge in [-0.25, -0.2) is 0 Å². The second kappa shape index (κ2) is 5.10. The minimum Gasteiger partial charge on any atom is -0.313 e. The molecule has 2 rings (SSSR count). The van der Waals surface area contributed by atoms with Gasteiger partial charge in [0.25, 0.3) is 0 Å². The fourth-order valence-electron chi connectivity index (χ4n) is 2.06. The third-order valence-corrected chi connectivity index (χ3v) is 2.99. The fourth-order valence-corrected chi connectivity index (χ4v) is 2.06. The summed E-state index contributed by atoms with van der Waals surface area (Å²) in [7, 11) is 3.93. The van der Waals surface area contributed by atoms with E-state index in [-0.39, 0.29) is 0 Å². The Kier molecular flexibility index (Phi) is 3.54. The van der Waals surface area contributed by atoms with E-state index in [0.717, 1.165) is 6.42 Å². The lowest BCUT2D eigenvalue weighted by Gasteiger charge is -2.17. The zero-order valence-electron chi connectivity index (χ0n) is 10.5. The van der Waals surface area contributed by atoms with Gasteiger partial charge in [0.2, 0.25) is 0 Å². The topological polar surface area (TPSA) is 42.7 Å². The Balaban J connectivity index is 2.20. The molecule has 1 N–H and O–H groups in total. The second-order valence-electron chi connectivity index (χ2n) is 4.30. The van der Waals surface area contributed by atoms with Crippen LogP contribution in [0.3, 0.4) is 0 Å². The second-order valence-corrected chi connectivity index (χ2v) is 4.30. The van der Waals surface area contributed by atoms with E-state index in [1.54, 1.807) is 0 Å². The molecule has 0 amide bonds. The van der Waals surface area contributed by atoms with Crippen LogP contribution in [0.4, 0.5) is 0 Å². The summed E-state index contributed by atoms with van der Waals surface area (Å²) in [5.41, 5.74) is 3.75. The summed E-state index contributed by atoms with van der Waals surface area (Å²) in [4.78, 5) is 4.13. The average Bonchev–Trinajstić information content (AvgIpc) is 2.73. The van der Waals surface area contributed by atoms with Crippen molar-refractivity contribution >= 4 is 0 Å². The number of likely N-dealkylation sites (N-methyl/N-ethyl adjacent to an activating group) is 1. The Morgan fingerprint density at radius 1 is 1.41 bits per heavy atom. The SMILES string of the molecule is CNC(Cc1cnn(C)c1)c1ccncc1C. The quantitative estimate of drug-likeness (QED) is 0.868. The van der Waals surface area contributed by atoms with Crippen molar-refractivity contribution in [3.05, 3.63) is 47.5 Å². The van der Waals surface area contributed by atoms with Crippen LogP contribution in [0.5, 0.6) is 0 Å². The highest BCUT2D eigenvalue weighted by Gasteiger charge is 2.13. The number of nitrogens with zero attached hydrogens (tertiary/aromatic N) is 3. The molecule has 2 heterocycles. The zero-order chi connectivity index (χ0) is 12.3. The van der Waals surface area contributed by atoms with Gasteiger partial charge in [0.15, 0.2) is 0 Å². The van der Waals surface area contributed by atoms with Gasteiger partial charge in [-0.2, -0.15) is 5.10 Å². The Morgan fingerprint density at radius 2 is 2.24 bits per heavy atom. The Hall–Kier alpha value is -1.68. The van der Waals surface area contributed by atoms with Crippen molar-refractivity contribution < 1.29 is 0 Å². The third-order valence-electron chi connectivity index (χ3n) is 2.99. The van der Waals surface area contributed by atoms with Crippen LogP contribution >= 0.6 is 0 Å². The van der Waals surface area contributed by atoms with Crippen LogP contribution in [0.1, 0.15) is 22.7 Å². The Bertz CT molecular complexity index is 490. The van der Waals surface area contributed by atoms with Crippen LogP contribution in [0.25, 0.3) is 0 Å². The third kappa shape index (κ3) is 2.71. The first-order chi connectivity index (χ1) is 8.20. The van der Waals surface area contributed by atoms with Gasteiger partial charge in [0.05, 0.1) is 6.20 Å². The number of aromatic nitrogens is 3. The van der Waals surface area contributed by atoms with E-state index in [1.807, 2.05) is 37.4 Å². The standard InChI is InChI=1S/C13H18N4/c1-10-7-15-5-4-12(10)13(14-2)6-11-8-16-17(3)9-11/h4-5,7-9,13-14H,6H2,1-3H3. The first-order valence-electron chi connectivity index (χ1n) is 5.76. The lowest BCUT2D eigenvalue weighted by molar-refractivity contribution is 0.587. The van der Waals surface area contributed by atoms with Gasteiger partial charge in [0, 0.05) is 31.7 Å². The van der Waals surface area contributed by atoms with E-state index in [0.29, 0.717) is 6.04 Å². The summed E-state index contributed by atoms with van der Waals surface area (Å²) >= 11 is 0. The summed E-state index contributed by atoms with van der Waals surface area (Å²) in [6.45, 7) is 2.09. The van der Waals surface area contributed by atoms with Gasteiger partial charge in [-0.1, -0.05) is 0 Å². The van der Waals surface area contributed by atoms with E-state index in [1.165, 1.54) is 16.7 Å². The minimum atomic E-state index is 0.308. The van der Waals surface area contributed by atoms with Crippen LogP contribution in [-0.2, 0) is 13.5 Å². The van der Waals surface area contributed by atoms with Crippen LogP contribution in [0.15, 0.2) is 30.9 Å². The predicted molar refractivity (Wildman–Crippen MR) is 67.7 cm³/mol. The highest BCUT2D eigenvalue weighted by atomic mass is 15.2. The van der Waals surface area contributed by atoms with Crippen molar-refractivity contribution in [2.24, 2.45) is 7.05 Å². The van der Waals surface area contributed by atoms with E-state index in [2.05, 4.69) is 34.6 Å². The van der Waals surface area contributed by atoms with Crippen LogP contribution in [-0.4, -0.2) is 21.8 Å². The van der Waals surface area contributed by atoms with Crippen LogP contribution in [0, 0.1) is 6.92 Å². The molecule has 4 nitrogen and oxygen atoms in total. The van der Waals surface area contributed by atoms with E-state index >= 15 is 0 Å². The van der Waals surface area contributed by atoms with Crippen molar-refractivity contribution in [3.63, 3.8) is 0 Å². The summed E-state index contributed by atoms with van der Waals surface area (Å²) in [6.07, 6.45) is 8.66. The van der Waals surface area contributed by atoms with Gasteiger partial charge >= 0.3 is 0 Å². The largest absolute Gasteiger partial charge is 0.313 e. The number of hydrogen-bond donors (Lipinski definition) is 1. The minimum absolute atomic E-state index is 0.308. The number of aryl methyl sites for hydroxylation is 2. The van der Waals surface area contributed by atoms with E-state index in [9.17, 15) is 0 Å². The highest BCUT2D eigenvalue weighted by Crippen LogP contribution is 2.20. The van der Waals surface area contributed by atoms with Crippen molar-refractivity contribution in [1.29, 1.82) is 0 Å². The van der Waals surface area contributed by atoms with Crippen LogP contribution < -0.4 is 5.32 Å². The van der Waals surface area contributed by atoms with Crippen molar-refractivity contribution in [2.75, 3.05) is 7.05 Å². The van der Waals surface area contributed by atoms with Gasteiger partial charge in [-0.15, -0.1) is 0 Å². The summed E-state index contributed by atoms with van der Waals surface area (Å²) in [5.74, 6) is 0. The monoisotopic (exact) mass is 230 g/mol. The molecule has 1 atom stereocenters. The lowest BCUT2D eigenvalue weighted by atomic mass is 9.98. The molecule has 0 saturated carbocycles. The maximum atomic E-state index is 4.20. The van der Waals surface area contributed by atoms with Gasteiger partial charge < -0.3 is 5.32 Å². The number of nitrogens with one attached hydrogen (secondary N) is 1. The molecule has 0 fully saturated rings. The normalized spacial score (nSPS) is 12.6. The molecule has 90 valence electrons. The molecule has 0 bridgehead atoms. The van der Waals surface area contributed by atoms with Gasteiger partial charge in [-0.05, 0) is 43.1 Å². The molecule has 1 unspecified atom stereocenters.